The molecule has 0 aromatic heterocycles. The van der Waals surface area contributed by atoms with Gasteiger partial charge in [-0.1, -0.05) is 115 Å². The first kappa shape index (κ1) is 23.7. The molecule has 2 heteroatoms. The Bertz CT molecular complexity index is 286. The van der Waals surface area contributed by atoms with Crippen molar-refractivity contribution in [2.24, 2.45) is 0 Å². The third-order valence-electron chi connectivity index (χ3n) is 4.67. The number of carbonyl (C=O) groups is 1. The summed E-state index contributed by atoms with van der Waals surface area (Å²) in [6.45, 7) is 2.28. The second kappa shape index (κ2) is 20.7. The van der Waals surface area contributed by atoms with Crippen molar-refractivity contribution in [2.45, 2.75) is 122 Å². The van der Waals surface area contributed by atoms with Gasteiger partial charge in [0.05, 0.1) is 0 Å². The molecule has 0 aromatic carbocycles. The highest BCUT2D eigenvalue weighted by atomic mass is 35.5. The highest BCUT2D eigenvalue weighted by molar-refractivity contribution is 6.63. The molecule has 0 rings (SSSR count). The van der Waals surface area contributed by atoms with Gasteiger partial charge in [-0.2, -0.15) is 0 Å². The van der Waals surface area contributed by atoms with Gasteiger partial charge in [-0.3, -0.25) is 4.79 Å². The predicted molar refractivity (Wildman–Crippen MR) is 109 cm³/mol. The van der Waals surface area contributed by atoms with Gasteiger partial charge in [0.25, 0.3) is 0 Å². The van der Waals surface area contributed by atoms with Crippen LogP contribution in [0.4, 0.5) is 0 Å². The molecular formula is C22H41ClO. The maximum atomic E-state index is 10.5. The van der Waals surface area contributed by atoms with E-state index in [-0.39, 0.29) is 5.24 Å². The second-order valence-electron chi connectivity index (χ2n) is 7.12. The van der Waals surface area contributed by atoms with Crippen LogP contribution in [-0.4, -0.2) is 5.24 Å². The number of unbranched alkanes of at least 4 members (excludes halogenated alkanes) is 16. The standard InChI is InChI=1S/C22H41ClO/c1-2-3-4-5-6-7-8-9-10-11-12-13-14-15-16-17-18-19-20-21-22(23)24/h19-20H,2-18,21H2,1H3/b20-19+. The molecule has 0 heterocycles. The van der Waals surface area contributed by atoms with Crippen LogP contribution in [0.1, 0.15) is 122 Å². The number of hydrogen-bond donors (Lipinski definition) is 0. The number of hydrogen-bond acceptors (Lipinski definition) is 1. The van der Waals surface area contributed by atoms with Crippen molar-refractivity contribution in [2.75, 3.05) is 0 Å². The zero-order chi connectivity index (χ0) is 17.7. The highest BCUT2D eigenvalue weighted by Crippen LogP contribution is 2.14. The fraction of sp³-hybridized carbons (Fsp3) is 0.864. The van der Waals surface area contributed by atoms with Crippen molar-refractivity contribution in [3.63, 3.8) is 0 Å². The summed E-state index contributed by atoms with van der Waals surface area (Å²) in [5.74, 6) is 0. The van der Waals surface area contributed by atoms with E-state index in [1.807, 2.05) is 6.08 Å². The van der Waals surface area contributed by atoms with Crippen molar-refractivity contribution in [3.05, 3.63) is 12.2 Å². The Morgan fingerprint density at radius 2 is 1.00 bits per heavy atom. The molecule has 0 fully saturated rings. The molecule has 0 amide bonds. The first-order valence-electron chi connectivity index (χ1n) is 10.6. The Balaban J connectivity index is 3.02. The van der Waals surface area contributed by atoms with E-state index < -0.39 is 0 Å². The molecule has 0 spiro atoms. The lowest BCUT2D eigenvalue weighted by Crippen LogP contribution is -1.83. The number of rotatable bonds is 19. The van der Waals surface area contributed by atoms with Crippen LogP contribution in [0.3, 0.4) is 0 Å². The summed E-state index contributed by atoms with van der Waals surface area (Å²) in [6.07, 6.45) is 28.0. The Labute approximate surface area is 156 Å². The average Bonchev–Trinajstić information content (AvgIpc) is 2.56. The van der Waals surface area contributed by atoms with Gasteiger partial charge in [-0.15, -0.1) is 0 Å². The SMILES string of the molecule is CCCCCCCCCCCCCCCCCC/C=C/CC(=O)Cl. The largest absolute Gasteiger partial charge is 0.281 e. The third-order valence-corrected chi connectivity index (χ3v) is 4.82. The Hall–Kier alpha value is -0.300. The van der Waals surface area contributed by atoms with E-state index in [2.05, 4.69) is 13.0 Å². The molecule has 0 aliphatic carbocycles. The number of allylic oxidation sites excluding steroid dienone is 2. The maximum Gasteiger partial charge on any atom is 0.225 e. The van der Waals surface area contributed by atoms with E-state index in [9.17, 15) is 4.79 Å². The number of halogens is 1. The Morgan fingerprint density at radius 1 is 0.625 bits per heavy atom. The fourth-order valence-corrected chi connectivity index (χ4v) is 3.19. The molecule has 0 N–H and O–H groups in total. The van der Waals surface area contributed by atoms with Crippen molar-refractivity contribution in [3.8, 4) is 0 Å². The lowest BCUT2D eigenvalue weighted by Gasteiger charge is -2.03. The predicted octanol–water partition coefficient (Wildman–Crippen LogP) is 8.35. The summed E-state index contributed by atoms with van der Waals surface area (Å²) in [5, 5.41) is -0.266. The van der Waals surface area contributed by atoms with Crippen LogP contribution in [0, 0.1) is 0 Å². The van der Waals surface area contributed by atoms with Crippen LogP contribution >= 0.6 is 11.6 Å². The average molecular weight is 357 g/mol. The number of carbonyl (C=O) groups excluding carboxylic acids is 1. The van der Waals surface area contributed by atoms with Crippen LogP contribution in [0.25, 0.3) is 0 Å². The monoisotopic (exact) mass is 356 g/mol. The Kier molecular flexibility index (Phi) is 20.5. The summed E-state index contributed by atoms with van der Waals surface area (Å²) in [7, 11) is 0. The molecule has 0 atom stereocenters. The first-order chi connectivity index (χ1) is 11.8. The van der Waals surface area contributed by atoms with Gasteiger partial charge >= 0.3 is 0 Å². The van der Waals surface area contributed by atoms with Crippen LogP contribution in [0.2, 0.25) is 0 Å². The second-order valence-corrected chi connectivity index (χ2v) is 7.54. The molecule has 0 aliphatic rings. The highest BCUT2D eigenvalue weighted by Gasteiger charge is 1.94. The van der Waals surface area contributed by atoms with E-state index in [1.54, 1.807) is 0 Å². The van der Waals surface area contributed by atoms with Crippen molar-refractivity contribution in [1.29, 1.82) is 0 Å². The summed E-state index contributed by atoms with van der Waals surface area (Å²) in [5.41, 5.74) is 0. The van der Waals surface area contributed by atoms with Crippen LogP contribution in [-0.2, 0) is 4.79 Å². The smallest absolute Gasteiger partial charge is 0.225 e. The molecule has 142 valence electrons. The van der Waals surface area contributed by atoms with Crippen molar-refractivity contribution in [1.82, 2.24) is 0 Å². The lowest BCUT2D eigenvalue weighted by atomic mass is 10.0. The minimum atomic E-state index is -0.266. The summed E-state index contributed by atoms with van der Waals surface area (Å²) >= 11 is 5.27. The first-order valence-corrected chi connectivity index (χ1v) is 11.0. The fourth-order valence-electron chi connectivity index (χ4n) is 3.10. The summed E-state index contributed by atoms with van der Waals surface area (Å²) in [4.78, 5) is 10.5. The van der Waals surface area contributed by atoms with Crippen LogP contribution < -0.4 is 0 Å². The van der Waals surface area contributed by atoms with E-state index in [1.165, 1.54) is 103 Å². The zero-order valence-corrected chi connectivity index (χ0v) is 16.9. The van der Waals surface area contributed by atoms with E-state index in [4.69, 9.17) is 11.6 Å². The van der Waals surface area contributed by atoms with Gasteiger partial charge in [-0.05, 0) is 24.4 Å². The molecule has 0 radical (unpaired) electrons. The quantitative estimate of drug-likeness (QED) is 0.129. The molecule has 0 aromatic rings. The lowest BCUT2D eigenvalue weighted by molar-refractivity contribution is -0.110. The van der Waals surface area contributed by atoms with Gasteiger partial charge < -0.3 is 0 Å². The minimum absolute atomic E-state index is 0.266. The molecule has 24 heavy (non-hydrogen) atoms. The molecule has 1 nitrogen and oxygen atoms in total. The summed E-state index contributed by atoms with van der Waals surface area (Å²) in [6, 6.07) is 0. The van der Waals surface area contributed by atoms with E-state index in [0.29, 0.717) is 6.42 Å². The zero-order valence-electron chi connectivity index (χ0n) is 16.2. The van der Waals surface area contributed by atoms with Gasteiger partial charge in [0.2, 0.25) is 5.24 Å². The van der Waals surface area contributed by atoms with Gasteiger partial charge in [0.1, 0.15) is 0 Å². The summed E-state index contributed by atoms with van der Waals surface area (Å²) < 4.78 is 0. The topological polar surface area (TPSA) is 17.1 Å². The minimum Gasteiger partial charge on any atom is -0.281 e. The van der Waals surface area contributed by atoms with E-state index in [0.717, 1.165) is 6.42 Å². The van der Waals surface area contributed by atoms with Gasteiger partial charge in [0.15, 0.2) is 0 Å². The Morgan fingerprint density at radius 3 is 1.38 bits per heavy atom. The van der Waals surface area contributed by atoms with Gasteiger partial charge in [-0.25, -0.2) is 0 Å². The molecule has 0 saturated carbocycles. The molecule has 0 saturated heterocycles. The van der Waals surface area contributed by atoms with Crippen molar-refractivity contribution >= 4 is 16.8 Å². The molecular weight excluding hydrogens is 316 g/mol. The van der Waals surface area contributed by atoms with Crippen LogP contribution in [0.5, 0.6) is 0 Å². The van der Waals surface area contributed by atoms with E-state index >= 15 is 0 Å². The molecule has 0 unspecified atom stereocenters. The van der Waals surface area contributed by atoms with Crippen LogP contribution in [0.15, 0.2) is 12.2 Å². The normalized spacial score (nSPS) is 11.4. The molecule has 0 bridgehead atoms. The third kappa shape index (κ3) is 21.7. The van der Waals surface area contributed by atoms with Crippen molar-refractivity contribution < 1.29 is 4.79 Å². The van der Waals surface area contributed by atoms with Gasteiger partial charge in [0, 0.05) is 6.42 Å². The molecule has 0 aliphatic heterocycles. The maximum absolute atomic E-state index is 10.5.